The summed E-state index contributed by atoms with van der Waals surface area (Å²) in [5.41, 5.74) is -0.851. The molecule has 8 nitrogen and oxygen atoms in total. The number of likely N-dealkylation sites (tertiary alicyclic amines) is 1. The lowest BCUT2D eigenvalue weighted by molar-refractivity contribution is -0.145. The van der Waals surface area contributed by atoms with Crippen LogP contribution in [0.15, 0.2) is 0 Å². The van der Waals surface area contributed by atoms with Gasteiger partial charge in [-0.1, -0.05) is 0 Å². The second-order valence-corrected chi connectivity index (χ2v) is 9.62. The molecule has 2 fully saturated rings. The monoisotopic (exact) mass is 445 g/mol. The number of amides is 3. The fourth-order valence-corrected chi connectivity index (χ4v) is 4.10. The Balaban J connectivity index is 2.37. The Bertz CT molecular complexity index is 710. The first-order valence-electron chi connectivity index (χ1n) is 10.6. The third kappa shape index (κ3) is 6.87. The van der Waals surface area contributed by atoms with Crippen LogP contribution in [0.25, 0.3) is 0 Å². The van der Waals surface area contributed by atoms with E-state index in [1.807, 2.05) is 0 Å². The van der Waals surface area contributed by atoms with Crippen LogP contribution in [-0.2, 0) is 19.1 Å². The molecular formula is C21H33F2N3O5. The number of alkyl halides is 2. The summed E-state index contributed by atoms with van der Waals surface area (Å²) < 4.78 is 32.8. The van der Waals surface area contributed by atoms with E-state index in [1.54, 1.807) is 20.8 Å². The van der Waals surface area contributed by atoms with Gasteiger partial charge in [0.15, 0.2) is 0 Å². The van der Waals surface area contributed by atoms with Gasteiger partial charge in [-0.15, -0.1) is 0 Å². The zero-order valence-corrected chi connectivity index (χ0v) is 18.9. The van der Waals surface area contributed by atoms with Gasteiger partial charge in [-0.2, -0.15) is 0 Å². The van der Waals surface area contributed by atoms with Crippen molar-refractivity contribution in [2.45, 2.75) is 70.4 Å². The Hall–Kier alpha value is -2.26. The van der Waals surface area contributed by atoms with Gasteiger partial charge in [-0.3, -0.25) is 14.4 Å². The highest BCUT2D eigenvalue weighted by atomic mass is 19.3. The summed E-state index contributed by atoms with van der Waals surface area (Å²) in [7, 11) is 3.06. The van der Waals surface area contributed by atoms with E-state index >= 15 is 0 Å². The van der Waals surface area contributed by atoms with Crippen LogP contribution in [0, 0.1) is 11.8 Å². The zero-order chi connectivity index (χ0) is 23.6. The second kappa shape index (κ2) is 9.48. The minimum absolute atomic E-state index is 0.0782. The van der Waals surface area contributed by atoms with E-state index in [-0.39, 0.29) is 31.1 Å². The molecule has 10 heteroatoms. The van der Waals surface area contributed by atoms with Crippen LogP contribution in [-0.4, -0.2) is 78.2 Å². The van der Waals surface area contributed by atoms with E-state index in [1.165, 1.54) is 19.0 Å². The van der Waals surface area contributed by atoms with Crippen LogP contribution >= 0.6 is 0 Å². The van der Waals surface area contributed by atoms with E-state index in [0.29, 0.717) is 12.8 Å². The van der Waals surface area contributed by atoms with Crippen molar-refractivity contribution in [2.75, 3.05) is 27.2 Å². The van der Waals surface area contributed by atoms with Gasteiger partial charge in [0, 0.05) is 39.9 Å². The van der Waals surface area contributed by atoms with Crippen molar-refractivity contribution in [3.63, 3.8) is 0 Å². The number of nitrogens with zero attached hydrogens (tertiary/aromatic N) is 2. The smallest absolute Gasteiger partial charge is 0.408 e. The Morgan fingerprint density at radius 1 is 1.19 bits per heavy atom. The number of nitrogens with one attached hydrogen (secondary N) is 1. The predicted molar refractivity (Wildman–Crippen MR) is 108 cm³/mol. The van der Waals surface area contributed by atoms with Crippen LogP contribution < -0.4 is 5.32 Å². The molecule has 1 heterocycles. The van der Waals surface area contributed by atoms with E-state index < -0.39 is 54.4 Å². The van der Waals surface area contributed by atoms with Crippen molar-refractivity contribution in [3.8, 4) is 0 Å². The van der Waals surface area contributed by atoms with Crippen LogP contribution in [0.3, 0.4) is 0 Å². The molecule has 1 saturated heterocycles. The highest BCUT2D eigenvalue weighted by Crippen LogP contribution is 2.34. The fourth-order valence-electron chi connectivity index (χ4n) is 4.10. The van der Waals surface area contributed by atoms with Gasteiger partial charge in [0.25, 0.3) is 5.92 Å². The number of Topliss-reactive ketones (excluding diaryl/α,β-unsaturated/α-hetero) is 1. The molecule has 0 radical (unpaired) electrons. The summed E-state index contributed by atoms with van der Waals surface area (Å²) in [5.74, 6) is -5.41. The molecule has 1 aliphatic carbocycles. The van der Waals surface area contributed by atoms with Crippen LogP contribution in [0.2, 0.25) is 0 Å². The van der Waals surface area contributed by atoms with Crippen LogP contribution in [0.1, 0.15) is 52.9 Å². The summed E-state index contributed by atoms with van der Waals surface area (Å²) >= 11 is 0. The third-order valence-electron chi connectivity index (χ3n) is 5.60. The van der Waals surface area contributed by atoms with Crippen molar-refractivity contribution in [3.05, 3.63) is 0 Å². The number of carbonyl (C=O) groups excluding carboxylic acids is 4. The minimum Gasteiger partial charge on any atom is -0.444 e. The molecule has 1 saturated carbocycles. The largest absolute Gasteiger partial charge is 0.444 e. The SMILES string of the molecule is CN(C)C(=O)[C@@H](C1CCC(=O)CC1)[C@H](NC(=O)OC(C)(C)C)C(=O)N1CCC(F)(F)C1. The topological polar surface area (TPSA) is 96.0 Å². The second-order valence-electron chi connectivity index (χ2n) is 9.62. The number of carbonyl (C=O) groups is 4. The quantitative estimate of drug-likeness (QED) is 0.700. The molecule has 3 amide bonds. The zero-order valence-electron chi connectivity index (χ0n) is 18.9. The van der Waals surface area contributed by atoms with Crippen molar-refractivity contribution >= 4 is 23.7 Å². The van der Waals surface area contributed by atoms with Gasteiger partial charge in [0.05, 0.1) is 12.5 Å². The summed E-state index contributed by atoms with van der Waals surface area (Å²) in [6, 6.07) is -1.36. The number of halogens is 2. The van der Waals surface area contributed by atoms with Crippen molar-refractivity contribution < 1.29 is 32.7 Å². The van der Waals surface area contributed by atoms with Gasteiger partial charge in [-0.25, -0.2) is 13.6 Å². The predicted octanol–water partition coefficient (Wildman–Crippen LogP) is 2.21. The number of hydrogen-bond acceptors (Lipinski definition) is 5. The van der Waals surface area contributed by atoms with Crippen molar-refractivity contribution in [1.82, 2.24) is 15.1 Å². The first-order chi connectivity index (χ1) is 14.2. The van der Waals surface area contributed by atoms with Gasteiger partial charge in [-0.05, 0) is 39.5 Å². The van der Waals surface area contributed by atoms with Crippen molar-refractivity contribution in [1.29, 1.82) is 0 Å². The van der Waals surface area contributed by atoms with Crippen molar-refractivity contribution in [2.24, 2.45) is 11.8 Å². The van der Waals surface area contributed by atoms with Crippen LogP contribution in [0.5, 0.6) is 0 Å². The fraction of sp³-hybridized carbons (Fsp3) is 0.810. The molecule has 2 rings (SSSR count). The standard InChI is InChI=1S/C21H33F2N3O5/c1-20(2,3)31-19(30)24-16(18(29)26-11-10-21(22,23)12-26)15(17(28)25(4)5)13-6-8-14(27)9-7-13/h13,15-16H,6-12H2,1-5H3,(H,24,30)/t15-,16-/m0/s1. The maximum absolute atomic E-state index is 13.8. The molecule has 0 spiro atoms. The molecule has 31 heavy (non-hydrogen) atoms. The molecule has 1 N–H and O–H groups in total. The summed E-state index contributed by atoms with van der Waals surface area (Å²) in [6.07, 6.45) is -0.0472. The molecule has 0 aromatic rings. The Morgan fingerprint density at radius 2 is 1.77 bits per heavy atom. The van der Waals surface area contributed by atoms with Gasteiger partial charge < -0.3 is 19.9 Å². The average Bonchev–Trinajstić information content (AvgIpc) is 3.00. The molecule has 2 aliphatic rings. The molecule has 176 valence electrons. The summed E-state index contributed by atoms with van der Waals surface area (Å²) in [4.78, 5) is 52.9. The van der Waals surface area contributed by atoms with Gasteiger partial charge in [0.1, 0.15) is 17.4 Å². The van der Waals surface area contributed by atoms with Crippen LogP contribution in [0.4, 0.5) is 13.6 Å². The Morgan fingerprint density at radius 3 is 2.23 bits per heavy atom. The first kappa shape index (κ1) is 25.0. The lowest BCUT2D eigenvalue weighted by Crippen LogP contribution is -2.58. The lowest BCUT2D eigenvalue weighted by atomic mass is 9.75. The molecule has 1 aliphatic heterocycles. The maximum Gasteiger partial charge on any atom is 0.408 e. The van der Waals surface area contributed by atoms with E-state index in [0.717, 1.165) is 4.90 Å². The maximum atomic E-state index is 13.8. The molecule has 0 bridgehead atoms. The number of rotatable bonds is 5. The van der Waals surface area contributed by atoms with Gasteiger partial charge >= 0.3 is 6.09 Å². The Labute approximate surface area is 181 Å². The lowest BCUT2D eigenvalue weighted by Gasteiger charge is -2.37. The first-order valence-corrected chi connectivity index (χ1v) is 10.6. The number of ether oxygens (including phenoxy) is 1. The molecule has 0 unspecified atom stereocenters. The molecule has 0 aromatic heterocycles. The van der Waals surface area contributed by atoms with E-state index in [2.05, 4.69) is 5.32 Å². The minimum atomic E-state index is -3.01. The Kier molecular flexibility index (Phi) is 7.65. The highest BCUT2D eigenvalue weighted by molar-refractivity contribution is 5.93. The summed E-state index contributed by atoms with van der Waals surface area (Å²) in [5, 5.41) is 2.49. The number of ketones is 1. The van der Waals surface area contributed by atoms with E-state index in [9.17, 15) is 28.0 Å². The number of alkyl carbamates (subject to hydrolysis) is 1. The molecule has 0 aromatic carbocycles. The molecule has 2 atom stereocenters. The summed E-state index contributed by atoms with van der Waals surface area (Å²) in [6.45, 7) is 4.04. The highest BCUT2D eigenvalue weighted by Gasteiger charge is 2.48. The molecular weight excluding hydrogens is 412 g/mol. The van der Waals surface area contributed by atoms with Gasteiger partial charge in [0.2, 0.25) is 11.8 Å². The number of hydrogen-bond donors (Lipinski definition) is 1. The third-order valence-corrected chi connectivity index (χ3v) is 5.60. The normalized spacial score (nSPS) is 21.4. The van der Waals surface area contributed by atoms with E-state index in [4.69, 9.17) is 4.74 Å². The average molecular weight is 446 g/mol.